The van der Waals surface area contributed by atoms with Crippen LogP contribution >= 0.6 is 15.9 Å². The third kappa shape index (κ3) is 2.28. The second-order valence-corrected chi connectivity index (χ2v) is 7.02. The highest BCUT2D eigenvalue weighted by Gasteiger charge is 2.41. The molecule has 4 nitrogen and oxygen atoms in total. The Morgan fingerprint density at radius 3 is 3.20 bits per heavy atom. The van der Waals surface area contributed by atoms with Crippen LogP contribution in [0.25, 0.3) is 11.0 Å². The number of fused-ring (bicyclic) bond motifs is 1. The minimum atomic E-state index is 0.426. The Hall–Kier alpha value is -0.910. The number of rotatable bonds is 2. The Morgan fingerprint density at radius 1 is 1.40 bits per heavy atom. The molecule has 1 N–H and O–H groups in total. The average Bonchev–Trinajstić information content (AvgIpc) is 3.12. The Morgan fingerprint density at radius 2 is 2.35 bits per heavy atom. The van der Waals surface area contributed by atoms with Crippen molar-refractivity contribution in [1.82, 2.24) is 14.9 Å². The maximum atomic E-state index is 5.59. The van der Waals surface area contributed by atoms with Gasteiger partial charge in [0.2, 0.25) is 0 Å². The number of halogens is 1. The maximum absolute atomic E-state index is 5.59. The van der Waals surface area contributed by atoms with Crippen LogP contribution in [0.2, 0.25) is 0 Å². The van der Waals surface area contributed by atoms with Crippen molar-refractivity contribution in [3.63, 3.8) is 0 Å². The third-order valence-corrected chi connectivity index (χ3v) is 5.06. The van der Waals surface area contributed by atoms with Crippen LogP contribution in [0.3, 0.4) is 0 Å². The molecule has 0 saturated carbocycles. The lowest BCUT2D eigenvalue weighted by Gasteiger charge is -2.21. The minimum Gasteiger partial charge on any atom is -0.381 e. The molecule has 1 spiro atoms. The molecule has 5 heteroatoms. The lowest BCUT2D eigenvalue weighted by molar-refractivity contribution is 0.151. The zero-order chi connectivity index (χ0) is 13.6. The quantitative estimate of drug-likeness (QED) is 0.917. The van der Waals surface area contributed by atoms with Gasteiger partial charge in [-0.2, -0.15) is 0 Å². The number of ether oxygens (including phenoxy) is 1. The van der Waals surface area contributed by atoms with Crippen molar-refractivity contribution in [1.29, 1.82) is 0 Å². The van der Waals surface area contributed by atoms with E-state index in [1.807, 2.05) is 6.07 Å². The number of nitrogens with zero attached hydrogens (tertiary/aromatic N) is 2. The van der Waals surface area contributed by atoms with E-state index in [-0.39, 0.29) is 0 Å². The summed E-state index contributed by atoms with van der Waals surface area (Å²) < 4.78 is 6.67. The molecular weight excluding hydrogens is 318 g/mol. The number of likely N-dealkylation sites (tertiary alicyclic amines) is 1. The van der Waals surface area contributed by atoms with Gasteiger partial charge in [0.1, 0.15) is 5.82 Å². The second kappa shape index (κ2) is 4.83. The summed E-state index contributed by atoms with van der Waals surface area (Å²) in [6.07, 6.45) is 2.48. The van der Waals surface area contributed by atoms with Gasteiger partial charge >= 0.3 is 0 Å². The second-order valence-electron chi connectivity index (χ2n) is 6.11. The summed E-state index contributed by atoms with van der Waals surface area (Å²) in [4.78, 5) is 10.6. The number of imidazole rings is 1. The first kappa shape index (κ1) is 12.8. The van der Waals surface area contributed by atoms with Gasteiger partial charge in [0, 0.05) is 23.0 Å². The van der Waals surface area contributed by atoms with Crippen LogP contribution in [0, 0.1) is 5.41 Å². The number of aromatic amines is 1. The van der Waals surface area contributed by atoms with E-state index >= 15 is 0 Å². The van der Waals surface area contributed by atoms with E-state index in [0.717, 1.165) is 54.2 Å². The number of hydrogen-bond acceptors (Lipinski definition) is 3. The molecule has 1 aromatic carbocycles. The molecule has 3 heterocycles. The summed E-state index contributed by atoms with van der Waals surface area (Å²) in [5, 5.41) is 0. The van der Waals surface area contributed by atoms with Gasteiger partial charge in [0.25, 0.3) is 0 Å². The van der Waals surface area contributed by atoms with E-state index in [1.54, 1.807) is 0 Å². The number of hydrogen-bond donors (Lipinski definition) is 1. The molecule has 1 aromatic heterocycles. The Labute approximate surface area is 126 Å². The first-order chi connectivity index (χ1) is 9.72. The van der Waals surface area contributed by atoms with E-state index in [4.69, 9.17) is 4.74 Å². The summed E-state index contributed by atoms with van der Waals surface area (Å²) in [6.45, 7) is 5.09. The molecular formula is C15H18BrN3O. The Balaban J connectivity index is 1.50. The van der Waals surface area contributed by atoms with Crippen LogP contribution in [0.1, 0.15) is 18.7 Å². The highest BCUT2D eigenvalue weighted by Crippen LogP contribution is 2.38. The van der Waals surface area contributed by atoms with Crippen LogP contribution in [0.15, 0.2) is 22.7 Å². The van der Waals surface area contributed by atoms with Gasteiger partial charge in [-0.05, 0) is 37.6 Å². The van der Waals surface area contributed by atoms with Crippen molar-refractivity contribution in [2.75, 3.05) is 26.3 Å². The standard InChI is InChI=1S/C15H18BrN3O/c16-11-1-2-12-13(7-11)18-14(17-12)8-19-5-3-15(9-19)4-6-20-10-15/h1-2,7H,3-6,8-10H2,(H,17,18). The monoisotopic (exact) mass is 335 g/mol. The Bertz CT molecular complexity index is 633. The fourth-order valence-electron chi connectivity index (χ4n) is 3.46. The van der Waals surface area contributed by atoms with Crippen LogP contribution in [-0.4, -0.2) is 41.2 Å². The van der Waals surface area contributed by atoms with Gasteiger partial charge in [-0.25, -0.2) is 4.98 Å². The van der Waals surface area contributed by atoms with Crippen molar-refractivity contribution >= 4 is 27.0 Å². The molecule has 2 aliphatic rings. The van der Waals surface area contributed by atoms with E-state index in [2.05, 4.69) is 42.9 Å². The van der Waals surface area contributed by atoms with Gasteiger partial charge < -0.3 is 9.72 Å². The smallest absolute Gasteiger partial charge is 0.121 e. The minimum absolute atomic E-state index is 0.426. The molecule has 0 aliphatic carbocycles. The highest BCUT2D eigenvalue weighted by molar-refractivity contribution is 9.10. The van der Waals surface area contributed by atoms with Crippen molar-refractivity contribution in [3.05, 3.63) is 28.5 Å². The van der Waals surface area contributed by atoms with E-state index in [1.165, 1.54) is 12.8 Å². The van der Waals surface area contributed by atoms with Crippen molar-refractivity contribution in [2.45, 2.75) is 19.4 Å². The van der Waals surface area contributed by atoms with Crippen LogP contribution < -0.4 is 0 Å². The predicted octanol–water partition coefficient (Wildman–Crippen LogP) is 2.94. The predicted molar refractivity (Wildman–Crippen MR) is 81.6 cm³/mol. The van der Waals surface area contributed by atoms with E-state index < -0.39 is 0 Å². The van der Waals surface area contributed by atoms with Crippen molar-refractivity contribution < 1.29 is 4.74 Å². The molecule has 106 valence electrons. The summed E-state index contributed by atoms with van der Waals surface area (Å²) in [5.41, 5.74) is 2.57. The van der Waals surface area contributed by atoms with Crippen molar-refractivity contribution in [2.24, 2.45) is 5.41 Å². The lowest BCUT2D eigenvalue weighted by Crippen LogP contribution is -2.27. The fourth-order valence-corrected chi connectivity index (χ4v) is 3.82. The maximum Gasteiger partial charge on any atom is 0.121 e. The average molecular weight is 336 g/mol. The highest BCUT2D eigenvalue weighted by atomic mass is 79.9. The first-order valence-electron chi connectivity index (χ1n) is 7.17. The van der Waals surface area contributed by atoms with Crippen LogP contribution in [0.5, 0.6) is 0 Å². The number of H-pyrrole nitrogens is 1. The van der Waals surface area contributed by atoms with Gasteiger partial charge in [-0.3, -0.25) is 4.90 Å². The fraction of sp³-hybridized carbons (Fsp3) is 0.533. The zero-order valence-electron chi connectivity index (χ0n) is 11.4. The molecule has 0 amide bonds. The van der Waals surface area contributed by atoms with Crippen LogP contribution in [0.4, 0.5) is 0 Å². The summed E-state index contributed by atoms with van der Waals surface area (Å²) >= 11 is 3.50. The zero-order valence-corrected chi connectivity index (χ0v) is 12.9. The summed E-state index contributed by atoms with van der Waals surface area (Å²) in [7, 11) is 0. The molecule has 2 saturated heterocycles. The molecule has 0 radical (unpaired) electrons. The number of benzene rings is 1. The molecule has 1 atom stereocenters. The Kier molecular flexibility index (Phi) is 3.09. The normalized spacial score (nSPS) is 27.1. The van der Waals surface area contributed by atoms with E-state index in [9.17, 15) is 0 Å². The van der Waals surface area contributed by atoms with Gasteiger partial charge in [-0.1, -0.05) is 15.9 Å². The summed E-state index contributed by atoms with van der Waals surface area (Å²) in [5.74, 6) is 1.06. The SMILES string of the molecule is Brc1ccc2nc(CN3CCC4(CCOC4)C3)[nH]c2c1. The van der Waals surface area contributed by atoms with Gasteiger partial charge in [-0.15, -0.1) is 0 Å². The third-order valence-electron chi connectivity index (χ3n) is 4.57. The lowest BCUT2D eigenvalue weighted by atomic mass is 9.87. The first-order valence-corrected chi connectivity index (χ1v) is 7.96. The van der Waals surface area contributed by atoms with Crippen LogP contribution in [-0.2, 0) is 11.3 Å². The van der Waals surface area contributed by atoms with Gasteiger partial charge in [0.05, 0.1) is 24.2 Å². The molecule has 4 rings (SSSR count). The molecule has 2 aliphatic heterocycles. The topological polar surface area (TPSA) is 41.2 Å². The number of nitrogens with one attached hydrogen (secondary N) is 1. The molecule has 0 bridgehead atoms. The number of aromatic nitrogens is 2. The summed E-state index contributed by atoms with van der Waals surface area (Å²) in [6, 6.07) is 6.17. The molecule has 20 heavy (non-hydrogen) atoms. The van der Waals surface area contributed by atoms with E-state index in [0.29, 0.717) is 5.41 Å². The van der Waals surface area contributed by atoms with Crippen molar-refractivity contribution in [3.8, 4) is 0 Å². The molecule has 1 unspecified atom stereocenters. The molecule has 2 fully saturated rings. The van der Waals surface area contributed by atoms with Gasteiger partial charge in [0.15, 0.2) is 0 Å². The molecule has 2 aromatic rings. The largest absolute Gasteiger partial charge is 0.381 e.